The summed E-state index contributed by atoms with van der Waals surface area (Å²) in [5, 5.41) is 1.04. The lowest BCUT2D eigenvalue weighted by Gasteiger charge is -2.31. The van der Waals surface area contributed by atoms with Crippen LogP contribution in [0.15, 0.2) is 0 Å². The number of hydrogen-bond donors (Lipinski definition) is 0. The number of hydrogen-bond acceptors (Lipinski definition) is 5. The van der Waals surface area contributed by atoms with Gasteiger partial charge in [-0.05, 0) is 25.7 Å². The van der Waals surface area contributed by atoms with Gasteiger partial charge in [0, 0.05) is 50.6 Å². The number of amides is 1. The summed E-state index contributed by atoms with van der Waals surface area (Å²) >= 11 is 1.51. The third kappa shape index (κ3) is 2.73. The Morgan fingerprint density at radius 3 is 2.53 bits per heavy atom. The molecule has 1 saturated carbocycles. The van der Waals surface area contributed by atoms with Gasteiger partial charge < -0.3 is 9.80 Å². The Morgan fingerprint density at radius 1 is 1.26 bits per heavy atom. The van der Waals surface area contributed by atoms with E-state index in [9.17, 15) is 4.79 Å². The summed E-state index contributed by atoms with van der Waals surface area (Å²) in [6.07, 6.45) is 4.34. The van der Waals surface area contributed by atoms with Crippen LogP contribution in [0.1, 0.15) is 37.4 Å². The summed E-state index contributed by atoms with van der Waals surface area (Å²) in [6, 6.07) is 0. The Morgan fingerprint density at radius 2 is 1.95 bits per heavy atom. The van der Waals surface area contributed by atoms with Crippen molar-refractivity contribution in [3.05, 3.63) is 5.82 Å². The Balaban J connectivity index is 1.58. The van der Waals surface area contributed by atoms with E-state index in [1.54, 1.807) is 4.90 Å². The van der Waals surface area contributed by atoms with E-state index in [4.69, 9.17) is 0 Å². The van der Waals surface area contributed by atoms with Gasteiger partial charge in [-0.1, -0.05) is 0 Å². The molecule has 6 heteroatoms. The van der Waals surface area contributed by atoms with Gasteiger partial charge in [-0.3, -0.25) is 4.79 Å². The topological polar surface area (TPSA) is 49.3 Å². The van der Waals surface area contributed by atoms with E-state index in [1.165, 1.54) is 24.4 Å². The highest BCUT2D eigenvalue weighted by atomic mass is 32.1. The third-order valence-corrected chi connectivity index (χ3v) is 4.72. The standard InChI is InChI=1S/C13H20N4OS/c1-16(2)12(18)10-5-7-17(8-6-10)13-14-11(15-19-13)9-3-4-9/h9-10H,3-8H2,1-2H3. The van der Waals surface area contributed by atoms with Crippen LogP contribution in [0.25, 0.3) is 0 Å². The van der Waals surface area contributed by atoms with Crippen molar-refractivity contribution in [2.75, 3.05) is 32.1 Å². The number of anilines is 1. The zero-order valence-electron chi connectivity index (χ0n) is 11.5. The lowest BCUT2D eigenvalue weighted by molar-refractivity contribution is -0.133. The molecule has 1 aromatic rings. The summed E-state index contributed by atoms with van der Waals surface area (Å²) in [5.74, 6) is 2.10. The number of piperidine rings is 1. The lowest BCUT2D eigenvalue weighted by atomic mass is 9.96. The molecule has 2 fully saturated rings. The summed E-state index contributed by atoms with van der Waals surface area (Å²) < 4.78 is 4.45. The Hall–Kier alpha value is -1.17. The van der Waals surface area contributed by atoms with Crippen molar-refractivity contribution in [2.45, 2.75) is 31.6 Å². The van der Waals surface area contributed by atoms with Gasteiger partial charge in [-0.25, -0.2) is 4.98 Å². The second kappa shape index (κ2) is 5.07. The van der Waals surface area contributed by atoms with Crippen LogP contribution >= 0.6 is 11.5 Å². The number of nitrogens with zero attached hydrogens (tertiary/aromatic N) is 4. The molecule has 0 unspecified atom stereocenters. The van der Waals surface area contributed by atoms with Gasteiger partial charge >= 0.3 is 0 Å². The van der Waals surface area contributed by atoms with Crippen molar-refractivity contribution in [1.29, 1.82) is 0 Å². The molecule has 0 radical (unpaired) electrons. The molecule has 104 valence electrons. The summed E-state index contributed by atoms with van der Waals surface area (Å²) in [6.45, 7) is 1.84. The minimum atomic E-state index is 0.182. The van der Waals surface area contributed by atoms with Crippen molar-refractivity contribution >= 4 is 22.6 Å². The summed E-state index contributed by atoms with van der Waals surface area (Å²) in [5.41, 5.74) is 0. The second-order valence-electron chi connectivity index (χ2n) is 5.70. The molecule has 0 spiro atoms. The van der Waals surface area contributed by atoms with Gasteiger partial charge in [0.1, 0.15) is 5.82 Å². The molecule has 1 saturated heterocycles. The van der Waals surface area contributed by atoms with Crippen LogP contribution in [-0.4, -0.2) is 47.3 Å². The highest BCUT2D eigenvalue weighted by Gasteiger charge is 2.30. The first-order valence-corrected chi connectivity index (χ1v) is 7.72. The molecule has 0 aromatic carbocycles. The van der Waals surface area contributed by atoms with Gasteiger partial charge in [0.2, 0.25) is 11.0 Å². The van der Waals surface area contributed by atoms with E-state index in [0.29, 0.717) is 5.92 Å². The van der Waals surface area contributed by atoms with Crippen molar-refractivity contribution in [1.82, 2.24) is 14.3 Å². The average molecular weight is 280 g/mol. The average Bonchev–Trinajstić information content (AvgIpc) is 3.16. The van der Waals surface area contributed by atoms with Gasteiger partial charge in [-0.2, -0.15) is 4.37 Å². The van der Waals surface area contributed by atoms with Crippen molar-refractivity contribution in [2.24, 2.45) is 5.92 Å². The van der Waals surface area contributed by atoms with Crippen LogP contribution in [0, 0.1) is 5.92 Å². The largest absolute Gasteiger partial charge is 0.349 e. The van der Waals surface area contributed by atoms with Crippen LogP contribution < -0.4 is 4.90 Å². The normalized spacial score (nSPS) is 20.6. The fourth-order valence-electron chi connectivity index (χ4n) is 2.55. The molecule has 0 atom stereocenters. The summed E-state index contributed by atoms with van der Waals surface area (Å²) in [4.78, 5) is 20.5. The Bertz CT molecular complexity index is 461. The predicted octanol–water partition coefficient (Wildman–Crippen LogP) is 1.72. The van der Waals surface area contributed by atoms with Crippen LogP contribution in [0.2, 0.25) is 0 Å². The maximum absolute atomic E-state index is 11.9. The minimum Gasteiger partial charge on any atom is -0.349 e. The van der Waals surface area contributed by atoms with E-state index in [0.717, 1.165) is 36.9 Å². The van der Waals surface area contributed by atoms with E-state index in [1.807, 2.05) is 14.1 Å². The minimum absolute atomic E-state index is 0.182. The molecule has 0 bridgehead atoms. The SMILES string of the molecule is CN(C)C(=O)C1CCN(c2nc(C3CC3)ns2)CC1. The molecule has 19 heavy (non-hydrogen) atoms. The molecule has 2 heterocycles. The molecular weight excluding hydrogens is 260 g/mol. The maximum Gasteiger partial charge on any atom is 0.225 e. The molecule has 1 aliphatic carbocycles. The van der Waals surface area contributed by atoms with E-state index >= 15 is 0 Å². The van der Waals surface area contributed by atoms with Gasteiger partial charge in [0.15, 0.2) is 0 Å². The molecule has 0 N–H and O–H groups in total. The molecule has 1 aliphatic heterocycles. The number of aromatic nitrogens is 2. The second-order valence-corrected chi connectivity index (χ2v) is 6.43. The van der Waals surface area contributed by atoms with E-state index in [2.05, 4.69) is 14.3 Å². The van der Waals surface area contributed by atoms with Crippen LogP contribution in [0.3, 0.4) is 0 Å². The lowest BCUT2D eigenvalue weighted by Crippen LogP contribution is -2.40. The van der Waals surface area contributed by atoms with Crippen LogP contribution in [0.4, 0.5) is 5.13 Å². The van der Waals surface area contributed by atoms with Gasteiger partial charge in [0.05, 0.1) is 0 Å². The number of carbonyl (C=O) groups excluding carboxylic acids is 1. The quantitative estimate of drug-likeness (QED) is 0.846. The first kappa shape index (κ1) is 12.8. The maximum atomic E-state index is 11.9. The smallest absolute Gasteiger partial charge is 0.225 e. The monoisotopic (exact) mass is 280 g/mol. The van der Waals surface area contributed by atoms with E-state index < -0.39 is 0 Å². The number of rotatable bonds is 3. The Kier molecular flexibility index (Phi) is 3.43. The van der Waals surface area contributed by atoms with Crippen LogP contribution in [-0.2, 0) is 4.79 Å². The fraction of sp³-hybridized carbons (Fsp3) is 0.769. The van der Waals surface area contributed by atoms with Crippen molar-refractivity contribution in [3.63, 3.8) is 0 Å². The third-order valence-electron chi connectivity index (χ3n) is 3.93. The first-order chi connectivity index (χ1) is 9.15. The van der Waals surface area contributed by atoms with Crippen molar-refractivity contribution < 1.29 is 4.79 Å². The first-order valence-electron chi connectivity index (χ1n) is 6.95. The summed E-state index contributed by atoms with van der Waals surface area (Å²) in [7, 11) is 3.67. The van der Waals surface area contributed by atoms with Gasteiger partial charge in [-0.15, -0.1) is 0 Å². The Labute approximate surface area is 117 Å². The molecule has 5 nitrogen and oxygen atoms in total. The van der Waals surface area contributed by atoms with Gasteiger partial charge in [0.25, 0.3) is 0 Å². The molecule has 1 amide bonds. The zero-order valence-corrected chi connectivity index (χ0v) is 12.3. The molecule has 3 rings (SSSR count). The molecular formula is C13H20N4OS. The van der Waals surface area contributed by atoms with Crippen LogP contribution in [0.5, 0.6) is 0 Å². The molecule has 1 aromatic heterocycles. The zero-order chi connectivity index (χ0) is 13.4. The number of carbonyl (C=O) groups is 1. The highest BCUT2D eigenvalue weighted by Crippen LogP contribution is 2.40. The highest BCUT2D eigenvalue weighted by molar-refractivity contribution is 7.09. The molecule has 2 aliphatic rings. The fourth-order valence-corrected chi connectivity index (χ4v) is 3.34. The van der Waals surface area contributed by atoms with E-state index in [-0.39, 0.29) is 11.8 Å². The van der Waals surface area contributed by atoms with Crippen molar-refractivity contribution in [3.8, 4) is 0 Å². The predicted molar refractivity (Wildman–Crippen MR) is 75.5 cm³/mol.